The summed E-state index contributed by atoms with van der Waals surface area (Å²) in [4.78, 5) is 147. The Bertz CT molecular complexity index is 5040. The van der Waals surface area contributed by atoms with Crippen LogP contribution in [0.2, 0.25) is 0 Å². The van der Waals surface area contributed by atoms with Gasteiger partial charge in [-0.2, -0.15) is 26.3 Å². The standard InChI is InChI=1S/C27H30N2O3S.C22H24F3N3O4S.C20H22F3N3O3S.C18H22N2O5/c1-4-27(15-23(30)16-29(27)26(32)22-7-5-6-18(2)14-22)24(31)13-10-20-8-11-21(12-9-20)25-19(3)28-17-33-25;1-12-19(33-11-26-12)15-6-3-14(4-7-15)5-8-18(31)17-9-16(30)10-28(17)21(32)20(22(23,24)25)27-13(2)29;1-11-17(30-10-25-11)13-5-2-12(3-6-13)4-7-16(28)15-8-14(27)9-26(15)19(29)18(24)20(21,22)23;1-10(2)15(17(23)19-9-12(21)7-14(19)18(24)25)20-8-11-5-3-4-6-13(11)16(20)22/h5-9,11-12,14,17,23,30H,4,10,13,15-16H2,1-3H3;3-4,6-7,11,16-17,20,30H,5,8-10H2,1-2H3,(H,27,29);2-3,5-6,10,14-15,18,27H,4,7-9,24H2,1H3;3-6,10,12,14-15,21H,7-9H2,1-2H3,(H,24,25)/t23-,27+;16-,17+,20?;14-,15+,18?;12-,14+,15+/m1111/s1. The van der Waals surface area contributed by atoms with E-state index in [9.17, 15) is 99.8 Å². The molecule has 5 aliphatic rings. The molecule has 8 N–H and O–H groups in total. The van der Waals surface area contributed by atoms with E-state index in [1.807, 2.05) is 133 Å². The molecule has 5 aromatic carbocycles. The number of thiazole rings is 3. The average molecular weight is 1730 g/mol. The molecule has 121 heavy (non-hydrogen) atoms. The first-order chi connectivity index (χ1) is 57.2. The molecule has 25 nitrogen and oxygen atoms in total. The number of nitrogens with two attached hydrogens (primary N) is 1. The van der Waals surface area contributed by atoms with Crippen LogP contribution in [-0.2, 0) is 64.2 Å². The molecule has 0 saturated carbocycles. The molecule has 646 valence electrons. The topological polar surface area (TPSA) is 365 Å². The highest BCUT2D eigenvalue weighted by molar-refractivity contribution is 7.14. The van der Waals surface area contributed by atoms with Crippen LogP contribution >= 0.6 is 34.0 Å². The Morgan fingerprint density at radius 1 is 0.562 bits per heavy atom. The highest BCUT2D eigenvalue weighted by atomic mass is 32.1. The highest BCUT2D eigenvalue weighted by Gasteiger charge is 2.54. The zero-order chi connectivity index (χ0) is 88.3. The third-order valence-corrected chi connectivity index (χ3v) is 25.2. The van der Waals surface area contributed by atoms with Crippen molar-refractivity contribution in [2.45, 2.75) is 211 Å². The fraction of sp³-hybridized carbons (Fsp3) is 0.437. The van der Waals surface area contributed by atoms with E-state index in [2.05, 4.69) is 39.2 Å². The second kappa shape index (κ2) is 40.1. The first-order valence-electron chi connectivity index (χ1n) is 39.6. The number of aliphatic hydroxyl groups is 4. The number of hydrogen-bond acceptors (Lipinski definition) is 21. The van der Waals surface area contributed by atoms with Gasteiger partial charge in [-0.3, -0.25) is 43.2 Å². The number of aliphatic carboxylic acids is 1. The third-order valence-electron chi connectivity index (χ3n) is 22.3. The summed E-state index contributed by atoms with van der Waals surface area (Å²) in [5.41, 5.74) is 21.3. The molecule has 0 aliphatic carbocycles. The van der Waals surface area contributed by atoms with E-state index in [1.165, 1.54) is 32.5 Å². The monoisotopic (exact) mass is 1730 g/mol. The summed E-state index contributed by atoms with van der Waals surface area (Å²) in [6, 6.07) is 28.5. The number of likely N-dealkylation sites (tertiary alicyclic amines) is 4. The van der Waals surface area contributed by atoms with Gasteiger partial charge >= 0.3 is 18.3 Å². The predicted molar refractivity (Wildman–Crippen MR) is 441 cm³/mol. The fourth-order valence-corrected chi connectivity index (χ4v) is 18.4. The average Bonchev–Trinajstić information content (AvgIpc) is 1.62. The van der Waals surface area contributed by atoms with E-state index in [1.54, 1.807) is 50.8 Å². The number of alkyl halides is 6. The van der Waals surface area contributed by atoms with Gasteiger partial charge in [-0.05, 0) is 116 Å². The van der Waals surface area contributed by atoms with E-state index < -0.39 is 126 Å². The number of aliphatic hydroxyl groups excluding tert-OH is 4. The van der Waals surface area contributed by atoms with Crippen LogP contribution in [0.3, 0.4) is 0 Å². The number of amides is 6. The Morgan fingerprint density at radius 3 is 1.40 bits per heavy atom. The summed E-state index contributed by atoms with van der Waals surface area (Å²) in [5, 5.41) is 50.9. The number of nitrogens with zero attached hydrogens (tertiary/aromatic N) is 8. The van der Waals surface area contributed by atoms with Gasteiger partial charge in [0, 0.05) is 95.7 Å². The van der Waals surface area contributed by atoms with Crippen LogP contribution in [0.1, 0.15) is 145 Å². The summed E-state index contributed by atoms with van der Waals surface area (Å²) < 4.78 is 78.3. The quantitative estimate of drug-likeness (QED) is 0.0276. The molecular weight excluding hydrogens is 1640 g/mol. The van der Waals surface area contributed by atoms with Crippen molar-refractivity contribution in [3.63, 3.8) is 0 Å². The zero-order valence-electron chi connectivity index (χ0n) is 67.9. The fourth-order valence-electron chi connectivity index (χ4n) is 16.0. The lowest BCUT2D eigenvalue weighted by atomic mass is 9.84. The maximum absolute atomic E-state index is 13.5. The molecule has 4 fully saturated rings. The van der Waals surface area contributed by atoms with Crippen molar-refractivity contribution in [1.82, 2.24) is 44.8 Å². The zero-order valence-corrected chi connectivity index (χ0v) is 70.4. The number of hydrogen-bond donors (Lipinski definition) is 7. The molecule has 0 radical (unpaired) electrons. The number of carboxylic acid groups (broad SMARTS) is 1. The van der Waals surface area contributed by atoms with Crippen LogP contribution in [-0.4, -0.2) is 228 Å². The summed E-state index contributed by atoms with van der Waals surface area (Å²) in [7, 11) is 0. The number of Topliss-reactive ketones (excluding diaryl/α,β-unsaturated/α-hetero) is 3. The van der Waals surface area contributed by atoms with Crippen molar-refractivity contribution >= 4 is 92.8 Å². The normalized spacial score (nSPS) is 20.8. The largest absolute Gasteiger partial charge is 0.480 e. The second-order valence-corrected chi connectivity index (χ2v) is 33.8. The molecule has 4 saturated heterocycles. The second-order valence-electron chi connectivity index (χ2n) is 31.3. The van der Waals surface area contributed by atoms with Gasteiger partial charge in [0.05, 0.1) is 84.7 Å². The van der Waals surface area contributed by atoms with E-state index >= 15 is 0 Å². The molecule has 5 aliphatic heterocycles. The predicted octanol–water partition coefficient (Wildman–Crippen LogP) is 10.8. The van der Waals surface area contributed by atoms with Crippen LogP contribution in [0.15, 0.2) is 138 Å². The Morgan fingerprint density at radius 2 is 1.00 bits per heavy atom. The number of rotatable bonds is 24. The van der Waals surface area contributed by atoms with Gasteiger partial charge in [-0.1, -0.05) is 129 Å². The van der Waals surface area contributed by atoms with Gasteiger partial charge < -0.3 is 61.1 Å². The number of aryl methyl sites for hydroxylation is 7. The van der Waals surface area contributed by atoms with Crippen molar-refractivity contribution < 1.29 is 99.8 Å². The summed E-state index contributed by atoms with van der Waals surface area (Å²) in [6.07, 6.45) is -11.4. The number of fused-ring (bicyclic) bond motifs is 1. The van der Waals surface area contributed by atoms with Gasteiger partial charge in [0.1, 0.15) is 17.6 Å². The lowest BCUT2D eigenvalue weighted by Crippen LogP contribution is -2.57. The molecule has 13 rings (SSSR count). The Kier molecular flexibility index (Phi) is 30.8. The Hall–Kier alpha value is -10.3. The van der Waals surface area contributed by atoms with Crippen LogP contribution in [0.5, 0.6) is 0 Å². The molecule has 8 heterocycles. The van der Waals surface area contributed by atoms with E-state index in [4.69, 9.17) is 5.73 Å². The number of β-amino-alcohol motifs (C(OH)–C–C–N with tert-alkyl or cyclic N) is 4. The number of nitrogens with one attached hydrogen (secondary N) is 1. The Balaban J connectivity index is 0.000000170. The summed E-state index contributed by atoms with van der Waals surface area (Å²) in [6.45, 7) is 14.0. The molecule has 8 aromatic rings. The molecule has 34 heteroatoms. The summed E-state index contributed by atoms with van der Waals surface area (Å²) in [5.74, 6) is -6.80. The number of aromatic nitrogens is 3. The van der Waals surface area contributed by atoms with Crippen LogP contribution in [0.4, 0.5) is 26.3 Å². The van der Waals surface area contributed by atoms with Crippen molar-refractivity contribution in [3.8, 4) is 31.3 Å². The molecule has 0 spiro atoms. The lowest BCUT2D eigenvalue weighted by Gasteiger charge is -2.36. The molecular formula is C87H98F6N10O15S3. The molecule has 2 unspecified atom stereocenters. The number of ketones is 3. The van der Waals surface area contributed by atoms with Gasteiger partial charge in [-0.25, -0.2) is 19.7 Å². The molecule has 11 atom stereocenters. The maximum Gasteiger partial charge on any atom is 0.417 e. The van der Waals surface area contributed by atoms with Gasteiger partial charge in [0.15, 0.2) is 23.4 Å². The van der Waals surface area contributed by atoms with E-state index in [0.29, 0.717) is 56.2 Å². The summed E-state index contributed by atoms with van der Waals surface area (Å²) >= 11 is 4.68. The van der Waals surface area contributed by atoms with Gasteiger partial charge in [-0.15, -0.1) is 34.0 Å². The van der Waals surface area contributed by atoms with E-state index in [0.717, 1.165) is 92.9 Å². The van der Waals surface area contributed by atoms with E-state index in [-0.39, 0.29) is 75.3 Å². The third kappa shape index (κ3) is 22.5. The lowest BCUT2D eigenvalue weighted by molar-refractivity contribution is -0.179. The molecule has 3 aromatic heterocycles. The molecule has 0 bridgehead atoms. The number of carbonyl (C=O) groups is 10. The number of halogens is 6. The van der Waals surface area contributed by atoms with Gasteiger partial charge in [0.25, 0.3) is 17.7 Å². The SMILES string of the molecule is CC(=O)NC(C(=O)N1C[C@H](O)C[C@H]1C(=O)CCc1ccc(-c2scnc2C)cc1)C(F)(F)F.CC(C)[C@@H](C(=O)N1C[C@H](O)C[C@H]1C(=O)O)N1Cc2ccccc2C1=O.CC[C@@]1(C(=O)CCc2ccc(-c3scnc3C)cc2)C[C@@H](O)CN1C(=O)c1cccc(C)c1.Cc1ncsc1-c1ccc(CCC(=O)[C@@H]2C[C@@H](O)CN2C(=O)C(N)C(F)(F)F)cc1. The number of carboxylic acids is 1. The maximum atomic E-state index is 13.5. The smallest absolute Gasteiger partial charge is 0.417 e. The molecule has 6 amide bonds. The van der Waals surface area contributed by atoms with Crippen LogP contribution in [0.25, 0.3) is 31.3 Å². The van der Waals surface area contributed by atoms with Crippen LogP contribution < -0.4 is 11.1 Å². The van der Waals surface area contributed by atoms with Crippen molar-refractivity contribution in [2.75, 3.05) is 26.2 Å². The Labute approximate surface area is 707 Å². The van der Waals surface area contributed by atoms with Crippen LogP contribution in [0, 0.1) is 33.6 Å². The minimum absolute atomic E-state index is 0.00306. The van der Waals surface area contributed by atoms with Gasteiger partial charge in [0.2, 0.25) is 23.8 Å². The first kappa shape index (κ1) is 92.9. The minimum Gasteiger partial charge on any atom is -0.480 e. The van der Waals surface area contributed by atoms with Crippen molar-refractivity contribution in [3.05, 3.63) is 194 Å². The van der Waals surface area contributed by atoms with Crippen molar-refractivity contribution in [2.24, 2.45) is 11.7 Å². The first-order valence-corrected chi connectivity index (χ1v) is 42.2. The number of benzene rings is 5. The number of carbonyl (C=O) groups excluding carboxylic acids is 9. The minimum atomic E-state index is -5.03. The highest BCUT2D eigenvalue weighted by Crippen LogP contribution is 2.39. The van der Waals surface area contributed by atoms with Crippen molar-refractivity contribution in [1.29, 1.82) is 0 Å².